The first-order valence-electron chi connectivity index (χ1n) is 7.22. The Morgan fingerprint density at radius 3 is 2.84 bits per heavy atom. The maximum atomic E-state index is 9.61. The summed E-state index contributed by atoms with van der Waals surface area (Å²) < 4.78 is 5.15. The molecule has 0 saturated heterocycles. The molecule has 0 amide bonds. The Labute approximate surface area is 116 Å². The Kier molecular flexibility index (Phi) is 4.70. The zero-order chi connectivity index (χ0) is 13.8. The van der Waals surface area contributed by atoms with E-state index < -0.39 is 0 Å². The fraction of sp³-hybridized carbons (Fsp3) is 0.625. The molecule has 1 aromatic rings. The molecule has 1 aromatic carbocycles. The molecule has 106 valence electrons. The van der Waals surface area contributed by atoms with E-state index in [1.165, 1.54) is 19.3 Å². The van der Waals surface area contributed by atoms with Crippen molar-refractivity contribution in [2.24, 2.45) is 11.8 Å². The van der Waals surface area contributed by atoms with Crippen molar-refractivity contribution in [3.8, 4) is 11.5 Å². The Morgan fingerprint density at radius 1 is 1.42 bits per heavy atom. The number of methoxy groups -OCH3 is 1. The minimum Gasteiger partial charge on any atom is -0.504 e. The summed E-state index contributed by atoms with van der Waals surface area (Å²) in [4.78, 5) is 0. The lowest BCUT2D eigenvalue weighted by atomic mass is 9.97. The Bertz CT molecular complexity index is 419. The molecular weight excluding hydrogens is 238 g/mol. The number of benzene rings is 1. The van der Waals surface area contributed by atoms with E-state index in [0.717, 1.165) is 23.9 Å². The highest BCUT2D eigenvalue weighted by molar-refractivity contribution is 5.42. The highest BCUT2D eigenvalue weighted by Gasteiger charge is 2.23. The highest BCUT2D eigenvalue weighted by atomic mass is 16.5. The average Bonchev–Trinajstić information content (AvgIpc) is 2.82. The zero-order valence-corrected chi connectivity index (χ0v) is 12.1. The van der Waals surface area contributed by atoms with E-state index >= 15 is 0 Å². The smallest absolute Gasteiger partial charge is 0.160 e. The molecule has 1 saturated carbocycles. The van der Waals surface area contributed by atoms with E-state index in [-0.39, 0.29) is 11.8 Å². The van der Waals surface area contributed by atoms with Gasteiger partial charge in [0, 0.05) is 6.04 Å². The summed E-state index contributed by atoms with van der Waals surface area (Å²) >= 11 is 0. The largest absolute Gasteiger partial charge is 0.504 e. The van der Waals surface area contributed by atoms with Crippen molar-refractivity contribution in [2.75, 3.05) is 13.7 Å². The predicted octanol–water partition coefficient (Wildman–Crippen LogP) is 3.49. The van der Waals surface area contributed by atoms with Gasteiger partial charge in [0.1, 0.15) is 0 Å². The standard InChI is InChI=1S/C16H25NO2/c1-11-5-4-6-14(11)10-17-12(2)13-7-8-15(18)16(9-13)19-3/h7-9,11-12,14,17-18H,4-6,10H2,1-3H3. The second-order valence-electron chi connectivity index (χ2n) is 5.73. The van der Waals surface area contributed by atoms with Crippen molar-refractivity contribution in [2.45, 2.75) is 39.2 Å². The van der Waals surface area contributed by atoms with Crippen molar-refractivity contribution in [1.82, 2.24) is 5.32 Å². The van der Waals surface area contributed by atoms with Gasteiger partial charge in [0.05, 0.1) is 7.11 Å². The Hall–Kier alpha value is -1.22. The molecule has 3 nitrogen and oxygen atoms in total. The molecule has 0 aliphatic heterocycles. The summed E-state index contributed by atoms with van der Waals surface area (Å²) in [6.07, 6.45) is 4.09. The first kappa shape index (κ1) is 14.2. The fourth-order valence-electron chi connectivity index (χ4n) is 2.94. The lowest BCUT2D eigenvalue weighted by Crippen LogP contribution is -2.27. The molecule has 3 heteroatoms. The van der Waals surface area contributed by atoms with Gasteiger partial charge in [-0.05, 0) is 49.4 Å². The molecular formula is C16H25NO2. The number of aromatic hydroxyl groups is 1. The van der Waals surface area contributed by atoms with Gasteiger partial charge in [-0.1, -0.05) is 25.8 Å². The minimum absolute atomic E-state index is 0.197. The molecule has 0 heterocycles. The van der Waals surface area contributed by atoms with Crippen LogP contribution in [-0.4, -0.2) is 18.8 Å². The van der Waals surface area contributed by atoms with E-state index in [2.05, 4.69) is 19.2 Å². The van der Waals surface area contributed by atoms with Crippen LogP contribution in [0.25, 0.3) is 0 Å². The molecule has 0 aromatic heterocycles. The topological polar surface area (TPSA) is 41.5 Å². The maximum Gasteiger partial charge on any atom is 0.160 e. The van der Waals surface area contributed by atoms with Crippen LogP contribution in [0, 0.1) is 11.8 Å². The van der Waals surface area contributed by atoms with E-state index in [4.69, 9.17) is 4.74 Å². The van der Waals surface area contributed by atoms with Crippen LogP contribution in [0.1, 0.15) is 44.7 Å². The van der Waals surface area contributed by atoms with Crippen LogP contribution < -0.4 is 10.1 Å². The first-order valence-corrected chi connectivity index (χ1v) is 7.22. The van der Waals surface area contributed by atoms with Gasteiger partial charge < -0.3 is 15.2 Å². The van der Waals surface area contributed by atoms with E-state index in [1.54, 1.807) is 13.2 Å². The van der Waals surface area contributed by atoms with Gasteiger partial charge in [0.25, 0.3) is 0 Å². The molecule has 3 atom stereocenters. The van der Waals surface area contributed by atoms with E-state index in [1.807, 2.05) is 12.1 Å². The molecule has 2 N–H and O–H groups in total. The van der Waals surface area contributed by atoms with Crippen LogP contribution in [0.2, 0.25) is 0 Å². The van der Waals surface area contributed by atoms with Gasteiger partial charge in [-0.3, -0.25) is 0 Å². The molecule has 1 fully saturated rings. The second-order valence-corrected chi connectivity index (χ2v) is 5.73. The third-order valence-electron chi connectivity index (χ3n) is 4.43. The molecule has 1 aliphatic rings. The summed E-state index contributed by atoms with van der Waals surface area (Å²) in [5.41, 5.74) is 1.15. The third kappa shape index (κ3) is 3.41. The van der Waals surface area contributed by atoms with Gasteiger partial charge in [0.2, 0.25) is 0 Å². The van der Waals surface area contributed by atoms with Crippen molar-refractivity contribution in [3.63, 3.8) is 0 Å². The summed E-state index contributed by atoms with van der Waals surface area (Å²) in [6.45, 7) is 5.59. The van der Waals surface area contributed by atoms with Crippen molar-refractivity contribution >= 4 is 0 Å². The molecule has 3 unspecified atom stereocenters. The minimum atomic E-state index is 0.197. The number of hydrogen-bond acceptors (Lipinski definition) is 3. The fourth-order valence-corrected chi connectivity index (χ4v) is 2.94. The summed E-state index contributed by atoms with van der Waals surface area (Å²) in [7, 11) is 1.58. The van der Waals surface area contributed by atoms with E-state index in [0.29, 0.717) is 5.75 Å². The van der Waals surface area contributed by atoms with Crippen molar-refractivity contribution < 1.29 is 9.84 Å². The third-order valence-corrected chi connectivity index (χ3v) is 4.43. The van der Waals surface area contributed by atoms with Crippen LogP contribution in [0.15, 0.2) is 18.2 Å². The second kappa shape index (κ2) is 6.29. The van der Waals surface area contributed by atoms with Gasteiger partial charge in [-0.2, -0.15) is 0 Å². The Morgan fingerprint density at radius 2 is 2.21 bits per heavy atom. The number of phenolic OH excluding ortho intramolecular Hbond substituents is 1. The van der Waals surface area contributed by atoms with Crippen LogP contribution in [0.4, 0.5) is 0 Å². The SMILES string of the molecule is COc1cc(C(C)NCC2CCCC2C)ccc1O. The molecule has 2 rings (SSSR count). The normalized spacial score (nSPS) is 24.4. The van der Waals surface area contributed by atoms with Crippen LogP contribution in [-0.2, 0) is 0 Å². The average molecular weight is 263 g/mol. The number of hydrogen-bond donors (Lipinski definition) is 2. The zero-order valence-electron chi connectivity index (χ0n) is 12.1. The van der Waals surface area contributed by atoms with Gasteiger partial charge in [0.15, 0.2) is 11.5 Å². The number of nitrogens with one attached hydrogen (secondary N) is 1. The van der Waals surface area contributed by atoms with Gasteiger partial charge in [-0.15, -0.1) is 0 Å². The Balaban J connectivity index is 1.94. The summed E-state index contributed by atoms with van der Waals surface area (Å²) in [6, 6.07) is 5.84. The van der Waals surface area contributed by atoms with Crippen LogP contribution >= 0.6 is 0 Å². The van der Waals surface area contributed by atoms with Crippen LogP contribution in [0.3, 0.4) is 0 Å². The number of ether oxygens (including phenoxy) is 1. The molecule has 0 bridgehead atoms. The molecule has 0 radical (unpaired) electrons. The number of rotatable bonds is 5. The van der Waals surface area contributed by atoms with Crippen LogP contribution in [0.5, 0.6) is 11.5 Å². The maximum absolute atomic E-state index is 9.61. The highest BCUT2D eigenvalue weighted by Crippen LogP contribution is 2.32. The van der Waals surface area contributed by atoms with Crippen molar-refractivity contribution in [3.05, 3.63) is 23.8 Å². The van der Waals surface area contributed by atoms with E-state index in [9.17, 15) is 5.11 Å². The lowest BCUT2D eigenvalue weighted by Gasteiger charge is -2.21. The predicted molar refractivity (Wildman–Crippen MR) is 77.6 cm³/mol. The molecule has 1 aliphatic carbocycles. The molecule has 19 heavy (non-hydrogen) atoms. The monoisotopic (exact) mass is 263 g/mol. The lowest BCUT2D eigenvalue weighted by molar-refractivity contribution is 0.366. The van der Waals surface area contributed by atoms with Crippen molar-refractivity contribution in [1.29, 1.82) is 0 Å². The van der Waals surface area contributed by atoms with Gasteiger partial charge >= 0.3 is 0 Å². The first-order chi connectivity index (χ1) is 9.11. The summed E-state index contributed by atoms with van der Waals surface area (Å²) in [5, 5.41) is 13.2. The number of phenols is 1. The van der Waals surface area contributed by atoms with Gasteiger partial charge in [-0.25, -0.2) is 0 Å². The quantitative estimate of drug-likeness (QED) is 0.854. The molecule has 0 spiro atoms. The summed E-state index contributed by atoms with van der Waals surface area (Å²) in [5.74, 6) is 2.39.